The maximum Gasteiger partial charge on any atom is 0.169 e. The van der Waals surface area contributed by atoms with Crippen molar-refractivity contribution in [1.29, 1.82) is 0 Å². The maximum atomic E-state index is 14.2. The van der Waals surface area contributed by atoms with E-state index in [1.165, 1.54) is 6.07 Å². The van der Waals surface area contributed by atoms with E-state index >= 15 is 0 Å². The van der Waals surface area contributed by atoms with Crippen molar-refractivity contribution in [3.63, 3.8) is 0 Å². The predicted molar refractivity (Wildman–Crippen MR) is 88.5 cm³/mol. The number of hydrogen-bond acceptors (Lipinski definition) is 2. The Morgan fingerprint density at radius 2 is 1.90 bits per heavy atom. The minimum absolute atomic E-state index is 0.334. The van der Waals surface area contributed by atoms with Crippen molar-refractivity contribution >= 4 is 38.2 Å². The van der Waals surface area contributed by atoms with Crippen LogP contribution in [0.25, 0.3) is 10.8 Å². The molecular weight excluding hydrogens is 331 g/mol. The van der Waals surface area contributed by atoms with E-state index in [0.717, 1.165) is 16.5 Å². The molecule has 2 aromatic carbocycles. The zero-order valence-corrected chi connectivity index (χ0v) is 13.1. The molecule has 0 unspecified atom stereocenters. The second kappa shape index (κ2) is 5.82. The van der Waals surface area contributed by atoms with Crippen LogP contribution in [0.4, 0.5) is 15.9 Å². The molecule has 0 aliphatic heterocycles. The fourth-order valence-electron chi connectivity index (χ4n) is 2.48. The van der Waals surface area contributed by atoms with Gasteiger partial charge in [-0.15, -0.1) is 0 Å². The molecule has 21 heavy (non-hydrogen) atoms. The third-order valence-corrected chi connectivity index (χ3v) is 3.85. The van der Waals surface area contributed by atoms with Crippen LogP contribution in [-0.4, -0.2) is 11.5 Å². The van der Waals surface area contributed by atoms with Gasteiger partial charge in [-0.1, -0.05) is 36.4 Å². The topological polar surface area (TPSA) is 16.1 Å². The monoisotopic (exact) mass is 344 g/mol. The van der Waals surface area contributed by atoms with E-state index < -0.39 is 0 Å². The number of rotatable bonds is 3. The highest BCUT2D eigenvalue weighted by molar-refractivity contribution is 9.10. The molecule has 0 saturated heterocycles. The number of aromatic nitrogens is 1. The standard InChI is InChI=1S/C17H14BrFN2/c1-2-21(17-15(19)10-13(18)11-20-17)16-9-5-7-12-6-3-4-8-14(12)16/h3-11H,2H2,1H3. The highest BCUT2D eigenvalue weighted by atomic mass is 79.9. The molecule has 106 valence electrons. The van der Waals surface area contributed by atoms with Crippen LogP contribution in [0, 0.1) is 5.82 Å². The molecule has 0 radical (unpaired) electrons. The first-order valence-electron chi connectivity index (χ1n) is 6.77. The second-order valence-corrected chi connectivity index (χ2v) is 5.62. The summed E-state index contributed by atoms with van der Waals surface area (Å²) in [6.07, 6.45) is 1.62. The minimum Gasteiger partial charge on any atom is -0.324 e. The number of halogens is 2. The van der Waals surface area contributed by atoms with Crippen LogP contribution in [-0.2, 0) is 0 Å². The average Bonchev–Trinajstić information content (AvgIpc) is 2.50. The molecule has 0 aliphatic rings. The number of hydrogen-bond donors (Lipinski definition) is 0. The van der Waals surface area contributed by atoms with E-state index in [-0.39, 0.29) is 5.82 Å². The molecule has 0 amide bonds. The zero-order valence-electron chi connectivity index (χ0n) is 11.6. The van der Waals surface area contributed by atoms with Crippen molar-refractivity contribution in [2.75, 3.05) is 11.4 Å². The molecule has 1 aromatic heterocycles. The smallest absolute Gasteiger partial charge is 0.169 e. The van der Waals surface area contributed by atoms with Crippen molar-refractivity contribution in [3.05, 3.63) is 65.0 Å². The van der Waals surface area contributed by atoms with Crippen LogP contribution < -0.4 is 4.90 Å². The van der Waals surface area contributed by atoms with Crippen molar-refractivity contribution in [2.45, 2.75) is 6.92 Å². The predicted octanol–water partition coefficient (Wildman–Crippen LogP) is 5.29. The molecule has 0 aliphatic carbocycles. The second-order valence-electron chi connectivity index (χ2n) is 4.70. The summed E-state index contributed by atoms with van der Waals surface area (Å²) in [4.78, 5) is 6.13. The summed E-state index contributed by atoms with van der Waals surface area (Å²) in [7, 11) is 0. The number of anilines is 2. The van der Waals surface area contributed by atoms with E-state index in [0.29, 0.717) is 16.8 Å². The fourth-order valence-corrected chi connectivity index (χ4v) is 2.79. The molecule has 0 atom stereocenters. The Morgan fingerprint density at radius 3 is 2.67 bits per heavy atom. The molecule has 4 heteroatoms. The third-order valence-electron chi connectivity index (χ3n) is 3.42. The summed E-state index contributed by atoms with van der Waals surface area (Å²) in [6.45, 7) is 2.63. The first kappa shape index (κ1) is 14.0. The Balaban J connectivity index is 2.18. The number of fused-ring (bicyclic) bond motifs is 1. The Bertz CT molecular complexity index is 783. The minimum atomic E-state index is -0.334. The van der Waals surface area contributed by atoms with Gasteiger partial charge in [-0.3, -0.25) is 0 Å². The molecule has 0 spiro atoms. The molecule has 2 nitrogen and oxygen atoms in total. The van der Waals surface area contributed by atoms with Crippen molar-refractivity contribution < 1.29 is 4.39 Å². The summed E-state index contributed by atoms with van der Waals surface area (Å²) in [5.41, 5.74) is 0.962. The van der Waals surface area contributed by atoms with Gasteiger partial charge >= 0.3 is 0 Å². The normalized spacial score (nSPS) is 10.8. The molecule has 3 aromatic rings. The number of nitrogens with zero attached hydrogens (tertiary/aromatic N) is 2. The van der Waals surface area contributed by atoms with E-state index in [1.807, 2.05) is 42.2 Å². The van der Waals surface area contributed by atoms with E-state index in [9.17, 15) is 4.39 Å². The third kappa shape index (κ3) is 2.63. The van der Waals surface area contributed by atoms with Crippen molar-refractivity contribution in [2.24, 2.45) is 0 Å². The van der Waals surface area contributed by atoms with Gasteiger partial charge in [0, 0.05) is 22.6 Å². The van der Waals surface area contributed by atoms with Crippen molar-refractivity contribution in [3.8, 4) is 0 Å². The van der Waals surface area contributed by atoms with Gasteiger partial charge in [0.25, 0.3) is 0 Å². The highest BCUT2D eigenvalue weighted by Gasteiger charge is 2.16. The lowest BCUT2D eigenvalue weighted by Crippen LogP contribution is -2.19. The van der Waals surface area contributed by atoms with Crippen LogP contribution in [0.2, 0.25) is 0 Å². The highest BCUT2D eigenvalue weighted by Crippen LogP contribution is 2.32. The van der Waals surface area contributed by atoms with Crippen LogP contribution in [0.3, 0.4) is 0 Å². The Labute approximate surface area is 131 Å². The first-order chi connectivity index (χ1) is 10.2. The molecule has 0 bridgehead atoms. The lowest BCUT2D eigenvalue weighted by molar-refractivity contribution is 0.618. The largest absolute Gasteiger partial charge is 0.324 e. The summed E-state index contributed by atoms with van der Waals surface area (Å²) in [6, 6.07) is 15.6. The molecule has 0 N–H and O–H groups in total. The van der Waals surface area contributed by atoms with Crippen LogP contribution in [0.1, 0.15) is 6.92 Å². The molecule has 0 fully saturated rings. The average molecular weight is 345 g/mol. The van der Waals surface area contributed by atoms with Gasteiger partial charge in [0.05, 0.1) is 5.69 Å². The van der Waals surface area contributed by atoms with E-state index in [1.54, 1.807) is 6.20 Å². The lowest BCUT2D eigenvalue weighted by atomic mass is 10.1. The lowest BCUT2D eigenvalue weighted by Gasteiger charge is -2.24. The van der Waals surface area contributed by atoms with Crippen LogP contribution >= 0.6 is 15.9 Å². The van der Waals surface area contributed by atoms with Gasteiger partial charge in [0.1, 0.15) is 0 Å². The SMILES string of the molecule is CCN(c1ncc(Br)cc1F)c1cccc2ccccc12. The fraction of sp³-hybridized carbons (Fsp3) is 0.118. The van der Waals surface area contributed by atoms with Gasteiger partial charge in [0.15, 0.2) is 11.6 Å². The van der Waals surface area contributed by atoms with Gasteiger partial charge in [-0.2, -0.15) is 0 Å². The summed E-state index contributed by atoms with van der Waals surface area (Å²) >= 11 is 3.24. The quantitative estimate of drug-likeness (QED) is 0.641. The van der Waals surface area contributed by atoms with Gasteiger partial charge in [-0.25, -0.2) is 9.37 Å². The van der Waals surface area contributed by atoms with Gasteiger partial charge in [-0.05, 0) is 40.4 Å². The van der Waals surface area contributed by atoms with Crippen molar-refractivity contribution in [1.82, 2.24) is 4.98 Å². The zero-order chi connectivity index (χ0) is 14.8. The summed E-state index contributed by atoms with van der Waals surface area (Å²) in [5.74, 6) is 0.0104. The van der Waals surface area contributed by atoms with Gasteiger partial charge < -0.3 is 4.90 Å². The molecular formula is C17H14BrFN2. The summed E-state index contributed by atoms with van der Waals surface area (Å²) in [5, 5.41) is 2.22. The molecule has 3 rings (SSSR count). The molecule has 0 saturated carbocycles. The first-order valence-corrected chi connectivity index (χ1v) is 7.56. The summed E-state index contributed by atoms with van der Waals surface area (Å²) < 4.78 is 14.9. The maximum absolute atomic E-state index is 14.2. The van der Waals surface area contributed by atoms with Crippen LogP contribution in [0.15, 0.2) is 59.2 Å². The number of benzene rings is 2. The van der Waals surface area contributed by atoms with E-state index in [2.05, 4.69) is 33.0 Å². The number of pyridine rings is 1. The molecule has 1 heterocycles. The van der Waals surface area contributed by atoms with E-state index in [4.69, 9.17) is 0 Å². The Morgan fingerprint density at radius 1 is 1.14 bits per heavy atom. The Hall–Kier alpha value is -1.94. The van der Waals surface area contributed by atoms with Crippen LogP contribution in [0.5, 0.6) is 0 Å². The van der Waals surface area contributed by atoms with Gasteiger partial charge in [0.2, 0.25) is 0 Å². The Kier molecular flexibility index (Phi) is 3.88.